The van der Waals surface area contributed by atoms with Gasteiger partial charge in [0.2, 0.25) is 0 Å². The second kappa shape index (κ2) is 7.34. The monoisotopic (exact) mass is 380 g/mol. The lowest BCUT2D eigenvalue weighted by Gasteiger charge is -2.10. The molecule has 0 aliphatic rings. The van der Waals surface area contributed by atoms with Gasteiger partial charge in [0.05, 0.1) is 12.6 Å². The number of aryl methyl sites for hydroxylation is 1. The van der Waals surface area contributed by atoms with E-state index in [-0.39, 0.29) is 5.57 Å². The molecule has 0 unspecified atom stereocenters. The fourth-order valence-electron chi connectivity index (χ4n) is 3.21. The van der Waals surface area contributed by atoms with Crippen molar-refractivity contribution in [2.24, 2.45) is 0 Å². The van der Waals surface area contributed by atoms with Crippen LogP contribution in [0.15, 0.2) is 60.3 Å². The third-order valence-electron chi connectivity index (χ3n) is 4.67. The summed E-state index contributed by atoms with van der Waals surface area (Å²) in [6.45, 7) is 2.01. The minimum atomic E-state index is 0.0119. The first kappa shape index (κ1) is 18.0. The summed E-state index contributed by atoms with van der Waals surface area (Å²) in [4.78, 5) is 0. The van der Waals surface area contributed by atoms with Crippen LogP contribution < -0.4 is 10.1 Å². The van der Waals surface area contributed by atoms with Gasteiger partial charge in [0, 0.05) is 22.8 Å². The SMILES string of the molecule is COc1ccc(-c2nnc3cc(C)c4cc(NC=C(C#N)C#N)ccc4n23)cc1. The molecule has 2 aromatic carbocycles. The zero-order valence-corrected chi connectivity index (χ0v) is 15.8. The maximum Gasteiger partial charge on any atom is 0.168 e. The predicted molar refractivity (Wildman–Crippen MR) is 110 cm³/mol. The van der Waals surface area contributed by atoms with E-state index in [1.807, 2.05) is 72.0 Å². The molecule has 0 bridgehead atoms. The van der Waals surface area contributed by atoms with E-state index in [0.717, 1.165) is 44.9 Å². The molecule has 0 amide bonds. The summed E-state index contributed by atoms with van der Waals surface area (Å²) in [5, 5.41) is 30.5. The highest BCUT2D eigenvalue weighted by Gasteiger charge is 2.13. The lowest BCUT2D eigenvalue weighted by Crippen LogP contribution is -1.96. The molecule has 7 nitrogen and oxygen atoms in total. The van der Waals surface area contributed by atoms with E-state index in [9.17, 15) is 0 Å². The summed E-state index contributed by atoms with van der Waals surface area (Å²) < 4.78 is 7.25. The Hall–Kier alpha value is -4.36. The first-order valence-corrected chi connectivity index (χ1v) is 8.84. The van der Waals surface area contributed by atoms with Crippen molar-refractivity contribution in [3.8, 4) is 29.3 Å². The average molecular weight is 380 g/mol. The second-order valence-electron chi connectivity index (χ2n) is 6.43. The molecule has 0 fully saturated rings. The van der Waals surface area contributed by atoms with Gasteiger partial charge in [-0.3, -0.25) is 4.40 Å². The number of nitrogens with one attached hydrogen (secondary N) is 1. The van der Waals surface area contributed by atoms with Crippen LogP contribution in [0.25, 0.3) is 27.9 Å². The number of nitriles is 2. The van der Waals surface area contributed by atoms with E-state index >= 15 is 0 Å². The predicted octanol–water partition coefficient (Wildman–Crippen LogP) is 4.21. The molecule has 0 aliphatic heterocycles. The van der Waals surface area contributed by atoms with Gasteiger partial charge in [-0.25, -0.2) is 0 Å². The zero-order valence-electron chi connectivity index (χ0n) is 15.8. The molecule has 1 N–H and O–H groups in total. The molecule has 7 heteroatoms. The Morgan fingerprint density at radius 1 is 1.07 bits per heavy atom. The van der Waals surface area contributed by atoms with Gasteiger partial charge in [0.25, 0.3) is 0 Å². The van der Waals surface area contributed by atoms with Gasteiger partial charge in [-0.2, -0.15) is 10.5 Å². The van der Waals surface area contributed by atoms with Crippen LogP contribution in [0.3, 0.4) is 0 Å². The van der Waals surface area contributed by atoms with Gasteiger partial charge in [-0.05, 0) is 61.0 Å². The number of hydrogen-bond donors (Lipinski definition) is 1. The Bertz CT molecular complexity index is 1320. The molecule has 0 saturated heterocycles. The van der Waals surface area contributed by atoms with Crippen molar-refractivity contribution in [3.05, 3.63) is 65.9 Å². The molecule has 4 rings (SSSR count). The lowest BCUT2D eigenvalue weighted by atomic mass is 10.1. The highest BCUT2D eigenvalue weighted by Crippen LogP contribution is 2.29. The molecule has 140 valence electrons. The summed E-state index contributed by atoms with van der Waals surface area (Å²) in [5.41, 5.74) is 4.50. The van der Waals surface area contributed by atoms with Crippen LogP contribution in [0.4, 0.5) is 5.69 Å². The molecule has 0 atom stereocenters. The topological polar surface area (TPSA) is 99.0 Å². The molecule has 0 aliphatic carbocycles. The van der Waals surface area contributed by atoms with Gasteiger partial charge in [-0.1, -0.05) is 0 Å². The number of fused-ring (bicyclic) bond motifs is 3. The van der Waals surface area contributed by atoms with Crippen LogP contribution in [0.1, 0.15) is 5.56 Å². The number of allylic oxidation sites excluding steroid dienone is 1. The van der Waals surface area contributed by atoms with Crippen LogP contribution in [-0.4, -0.2) is 21.7 Å². The molecule has 0 spiro atoms. The van der Waals surface area contributed by atoms with Gasteiger partial charge < -0.3 is 10.1 Å². The van der Waals surface area contributed by atoms with Crippen LogP contribution in [0, 0.1) is 29.6 Å². The standard InChI is InChI=1S/C22H16N6O/c1-14-9-21-26-27-22(16-3-6-18(29-2)7-4-16)28(21)20-8-5-17(10-19(14)20)25-13-15(11-23)12-24/h3-10,13,25H,1-2H3. The smallest absolute Gasteiger partial charge is 0.168 e. The number of benzene rings is 2. The van der Waals surface area contributed by atoms with Crippen molar-refractivity contribution < 1.29 is 4.74 Å². The highest BCUT2D eigenvalue weighted by molar-refractivity contribution is 5.89. The van der Waals surface area contributed by atoms with Crippen molar-refractivity contribution >= 4 is 22.2 Å². The molecule has 0 radical (unpaired) electrons. The summed E-state index contributed by atoms with van der Waals surface area (Å²) >= 11 is 0. The van der Waals surface area contributed by atoms with Gasteiger partial charge >= 0.3 is 0 Å². The number of methoxy groups -OCH3 is 1. The van der Waals surface area contributed by atoms with Gasteiger partial charge in [-0.15, -0.1) is 10.2 Å². The van der Waals surface area contributed by atoms with Crippen molar-refractivity contribution in [1.82, 2.24) is 14.6 Å². The molecular weight excluding hydrogens is 364 g/mol. The zero-order chi connectivity index (χ0) is 20.4. The number of nitrogens with zero attached hydrogens (tertiary/aromatic N) is 5. The fraction of sp³-hybridized carbons (Fsp3) is 0.0909. The largest absolute Gasteiger partial charge is 0.497 e. The number of rotatable bonds is 4. The molecule has 0 saturated carbocycles. The van der Waals surface area contributed by atoms with Crippen molar-refractivity contribution in [2.75, 3.05) is 12.4 Å². The fourth-order valence-corrected chi connectivity index (χ4v) is 3.21. The van der Waals surface area contributed by atoms with Crippen molar-refractivity contribution in [2.45, 2.75) is 6.92 Å². The molecule has 4 aromatic rings. The summed E-state index contributed by atoms with van der Waals surface area (Å²) in [6.07, 6.45) is 1.40. The average Bonchev–Trinajstić information content (AvgIpc) is 3.18. The summed E-state index contributed by atoms with van der Waals surface area (Å²) in [6, 6.07) is 19.2. The van der Waals surface area contributed by atoms with Crippen LogP contribution in [0.5, 0.6) is 5.75 Å². The van der Waals surface area contributed by atoms with Crippen molar-refractivity contribution in [3.63, 3.8) is 0 Å². The minimum absolute atomic E-state index is 0.0119. The first-order chi connectivity index (χ1) is 14.1. The molecule has 2 aromatic heterocycles. The maximum atomic E-state index is 8.88. The number of pyridine rings is 1. The second-order valence-corrected chi connectivity index (χ2v) is 6.43. The Labute approximate surface area is 167 Å². The third-order valence-corrected chi connectivity index (χ3v) is 4.67. The normalized spacial score (nSPS) is 10.3. The molecule has 29 heavy (non-hydrogen) atoms. The Morgan fingerprint density at radius 3 is 2.52 bits per heavy atom. The molecule has 2 heterocycles. The van der Waals surface area contributed by atoms with Crippen LogP contribution in [-0.2, 0) is 0 Å². The Balaban J connectivity index is 1.86. The number of hydrogen-bond acceptors (Lipinski definition) is 6. The van der Waals surface area contributed by atoms with E-state index in [4.69, 9.17) is 15.3 Å². The first-order valence-electron chi connectivity index (χ1n) is 8.84. The van der Waals surface area contributed by atoms with Crippen LogP contribution in [0.2, 0.25) is 0 Å². The molecular formula is C22H16N6O. The lowest BCUT2D eigenvalue weighted by molar-refractivity contribution is 0.415. The third kappa shape index (κ3) is 3.22. The quantitative estimate of drug-likeness (QED) is 0.533. The van der Waals surface area contributed by atoms with E-state index in [2.05, 4.69) is 15.5 Å². The summed E-state index contributed by atoms with van der Waals surface area (Å²) in [7, 11) is 1.63. The van der Waals surface area contributed by atoms with E-state index in [1.165, 1.54) is 6.20 Å². The van der Waals surface area contributed by atoms with Crippen LogP contribution >= 0.6 is 0 Å². The number of aromatic nitrogens is 3. The number of anilines is 1. The highest BCUT2D eigenvalue weighted by atomic mass is 16.5. The number of ether oxygens (including phenoxy) is 1. The van der Waals surface area contributed by atoms with E-state index < -0.39 is 0 Å². The van der Waals surface area contributed by atoms with E-state index in [1.54, 1.807) is 7.11 Å². The van der Waals surface area contributed by atoms with Crippen molar-refractivity contribution in [1.29, 1.82) is 10.5 Å². The maximum absolute atomic E-state index is 8.88. The minimum Gasteiger partial charge on any atom is -0.497 e. The Morgan fingerprint density at radius 2 is 1.83 bits per heavy atom. The Kier molecular flexibility index (Phi) is 4.56. The van der Waals surface area contributed by atoms with Gasteiger partial charge in [0.1, 0.15) is 23.5 Å². The summed E-state index contributed by atoms with van der Waals surface area (Å²) in [5.74, 6) is 1.52. The van der Waals surface area contributed by atoms with E-state index in [0.29, 0.717) is 0 Å². The van der Waals surface area contributed by atoms with Gasteiger partial charge in [0.15, 0.2) is 11.5 Å².